The second kappa shape index (κ2) is 9.52. The molecule has 3 aromatic rings. The van der Waals surface area contributed by atoms with E-state index in [1.807, 2.05) is 30.5 Å². The summed E-state index contributed by atoms with van der Waals surface area (Å²) in [4.78, 5) is 13.7. The lowest BCUT2D eigenvalue weighted by atomic mass is 10.00. The average Bonchev–Trinajstić information content (AvgIpc) is 3.17. The van der Waals surface area contributed by atoms with Gasteiger partial charge in [-0.3, -0.25) is 15.1 Å². The van der Waals surface area contributed by atoms with Crippen LogP contribution in [-0.4, -0.2) is 45.8 Å². The van der Waals surface area contributed by atoms with E-state index in [1.165, 1.54) is 28.3 Å². The van der Waals surface area contributed by atoms with E-state index >= 15 is 0 Å². The minimum atomic E-state index is -0.523. The monoisotopic (exact) mass is 402 g/mol. The topological polar surface area (TPSA) is 81.2 Å². The highest BCUT2D eigenvalue weighted by atomic mass is 16.5. The van der Waals surface area contributed by atoms with Crippen LogP contribution < -0.4 is 5.48 Å². The molecule has 154 valence electrons. The van der Waals surface area contributed by atoms with Gasteiger partial charge < -0.3 is 4.90 Å². The minimum Gasteiger partial charge on any atom is -0.302 e. The molecule has 0 saturated carbocycles. The van der Waals surface area contributed by atoms with Crippen LogP contribution in [0.2, 0.25) is 0 Å². The maximum atomic E-state index is 11.2. The Morgan fingerprint density at radius 3 is 2.73 bits per heavy atom. The molecule has 0 aliphatic carbocycles. The summed E-state index contributed by atoms with van der Waals surface area (Å²) in [7, 11) is 0. The number of carbonyl (C=O) groups is 1. The summed E-state index contributed by atoms with van der Waals surface area (Å²) in [6.45, 7) is 3.04. The Morgan fingerprint density at radius 1 is 1.13 bits per heavy atom. The number of H-pyrrole nitrogens is 1. The van der Waals surface area contributed by atoms with Crippen molar-refractivity contribution in [2.45, 2.75) is 19.3 Å². The van der Waals surface area contributed by atoms with Gasteiger partial charge in [-0.15, -0.1) is 0 Å². The smallest absolute Gasteiger partial charge is 0.267 e. The van der Waals surface area contributed by atoms with Gasteiger partial charge in [-0.25, -0.2) is 5.48 Å². The lowest BCUT2D eigenvalue weighted by Gasteiger charge is -2.19. The third-order valence-corrected chi connectivity index (χ3v) is 5.64. The van der Waals surface area contributed by atoms with Gasteiger partial charge in [-0.2, -0.15) is 5.10 Å². The molecule has 0 spiro atoms. The van der Waals surface area contributed by atoms with Crippen LogP contribution in [0.4, 0.5) is 0 Å². The van der Waals surface area contributed by atoms with Gasteiger partial charge in [0.1, 0.15) is 0 Å². The van der Waals surface area contributed by atoms with Crippen molar-refractivity contribution in [3.8, 4) is 11.3 Å². The van der Waals surface area contributed by atoms with Gasteiger partial charge in [0.2, 0.25) is 0 Å². The van der Waals surface area contributed by atoms with Crippen molar-refractivity contribution in [2.75, 3.05) is 19.6 Å². The Morgan fingerprint density at radius 2 is 1.93 bits per heavy atom. The zero-order valence-electron chi connectivity index (χ0n) is 16.8. The van der Waals surface area contributed by atoms with E-state index in [4.69, 9.17) is 5.21 Å². The molecular weight excluding hydrogens is 376 g/mol. The van der Waals surface area contributed by atoms with E-state index in [0.29, 0.717) is 0 Å². The number of benzene rings is 2. The summed E-state index contributed by atoms with van der Waals surface area (Å²) >= 11 is 0. The highest BCUT2D eigenvalue weighted by Gasteiger charge is 2.15. The standard InChI is InChI=1S/C24H26N4O2/c29-23(27-30)9-7-18-6-8-19-10-13-28(14-11-21(19)16-18)15-12-22-17-25-26-24(22)20-4-2-1-3-5-20/h1-9,16-17,30H,10-15H2,(H,25,26)(H,27,29)/b9-7+. The number of nitrogens with one attached hydrogen (secondary N) is 2. The first-order valence-electron chi connectivity index (χ1n) is 10.3. The molecule has 6 heteroatoms. The molecule has 1 aromatic heterocycles. The van der Waals surface area contributed by atoms with Crippen molar-refractivity contribution in [1.29, 1.82) is 0 Å². The second-order valence-corrected chi connectivity index (χ2v) is 7.57. The molecule has 0 radical (unpaired) electrons. The molecule has 2 aromatic carbocycles. The molecule has 3 N–H and O–H groups in total. The predicted molar refractivity (Wildman–Crippen MR) is 117 cm³/mol. The second-order valence-electron chi connectivity index (χ2n) is 7.57. The molecule has 0 unspecified atom stereocenters. The lowest BCUT2D eigenvalue weighted by molar-refractivity contribution is -0.124. The van der Waals surface area contributed by atoms with Crippen LogP contribution in [-0.2, 0) is 24.1 Å². The summed E-state index contributed by atoms with van der Waals surface area (Å²) in [6.07, 6.45) is 7.96. The van der Waals surface area contributed by atoms with Gasteiger partial charge in [-0.1, -0.05) is 48.5 Å². The summed E-state index contributed by atoms with van der Waals surface area (Å²) < 4.78 is 0. The Kier molecular flexibility index (Phi) is 6.37. The fourth-order valence-electron chi connectivity index (χ4n) is 3.96. The maximum Gasteiger partial charge on any atom is 0.267 e. The Bertz CT molecular complexity index is 1030. The molecule has 1 aliphatic rings. The van der Waals surface area contributed by atoms with Crippen molar-refractivity contribution in [3.63, 3.8) is 0 Å². The predicted octanol–water partition coefficient (Wildman–Crippen LogP) is 3.24. The van der Waals surface area contributed by atoms with Crippen LogP contribution in [0.1, 0.15) is 22.3 Å². The quantitative estimate of drug-likeness (QED) is 0.336. The average molecular weight is 402 g/mol. The molecule has 1 aliphatic heterocycles. The van der Waals surface area contributed by atoms with Gasteiger partial charge in [0.05, 0.1) is 11.9 Å². The van der Waals surface area contributed by atoms with Crippen LogP contribution in [0.25, 0.3) is 17.3 Å². The molecule has 1 amide bonds. The van der Waals surface area contributed by atoms with Crippen LogP contribution in [0, 0.1) is 0 Å². The normalized spacial score (nSPS) is 14.4. The summed E-state index contributed by atoms with van der Waals surface area (Å²) in [6, 6.07) is 16.6. The highest BCUT2D eigenvalue weighted by Crippen LogP contribution is 2.22. The fourth-order valence-corrected chi connectivity index (χ4v) is 3.96. The van der Waals surface area contributed by atoms with Crippen LogP contribution in [0.5, 0.6) is 0 Å². The first-order valence-corrected chi connectivity index (χ1v) is 10.3. The molecular formula is C24H26N4O2. The first kappa shape index (κ1) is 20.1. The number of rotatable bonds is 6. The number of aromatic amines is 1. The van der Waals surface area contributed by atoms with E-state index < -0.39 is 5.91 Å². The van der Waals surface area contributed by atoms with Crippen molar-refractivity contribution in [3.05, 3.63) is 83.1 Å². The number of hydroxylamine groups is 1. The largest absolute Gasteiger partial charge is 0.302 e. The van der Waals surface area contributed by atoms with Gasteiger partial charge >= 0.3 is 0 Å². The SMILES string of the molecule is O=C(/C=C/c1ccc2c(c1)CCN(CCc1cn[nH]c1-c1ccccc1)CC2)NO. The van der Waals surface area contributed by atoms with Gasteiger partial charge in [-0.05, 0) is 53.2 Å². The number of nitrogens with zero attached hydrogens (tertiary/aromatic N) is 2. The Hall–Kier alpha value is -3.22. The summed E-state index contributed by atoms with van der Waals surface area (Å²) in [5.74, 6) is -0.523. The van der Waals surface area contributed by atoms with Gasteiger partial charge in [0.25, 0.3) is 5.91 Å². The van der Waals surface area contributed by atoms with Crippen LogP contribution >= 0.6 is 0 Å². The lowest BCUT2D eigenvalue weighted by Crippen LogP contribution is -2.28. The number of carbonyl (C=O) groups excluding carboxylic acids is 1. The third kappa shape index (κ3) is 4.84. The van der Waals surface area contributed by atoms with Crippen molar-refractivity contribution >= 4 is 12.0 Å². The fraction of sp³-hybridized carbons (Fsp3) is 0.250. The molecule has 6 nitrogen and oxygen atoms in total. The Labute approximate surface area is 176 Å². The van der Waals surface area contributed by atoms with Gasteiger partial charge in [0.15, 0.2) is 0 Å². The molecule has 0 fully saturated rings. The number of hydrogen-bond donors (Lipinski definition) is 3. The van der Waals surface area contributed by atoms with Crippen molar-refractivity contribution < 1.29 is 10.0 Å². The Balaban J connectivity index is 1.38. The van der Waals surface area contributed by atoms with E-state index in [-0.39, 0.29) is 0 Å². The summed E-state index contributed by atoms with van der Waals surface area (Å²) in [5, 5.41) is 16.0. The van der Waals surface area contributed by atoms with E-state index in [9.17, 15) is 4.79 Å². The summed E-state index contributed by atoms with van der Waals surface area (Å²) in [5.41, 5.74) is 8.81. The number of fused-ring (bicyclic) bond motifs is 1. The minimum absolute atomic E-state index is 0.523. The molecule has 4 rings (SSSR count). The molecule has 2 heterocycles. The maximum absolute atomic E-state index is 11.2. The van der Waals surface area contributed by atoms with Crippen molar-refractivity contribution in [2.24, 2.45) is 0 Å². The number of amides is 1. The zero-order valence-corrected chi connectivity index (χ0v) is 16.8. The third-order valence-electron chi connectivity index (χ3n) is 5.64. The number of aromatic nitrogens is 2. The van der Waals surface area contributed by atoms with E-state index in [2.05, 4.69) is 39.4 Å². The molecule has 0 saturated heterocycles. The van der Waals surface area contributed by atoms with Crippen molar-refractivity contribution in [1.82, 2.24) is 20.6 Å². The van der Waals surface area contributed by atoms with Gasteiger partial charge in [0, 0.05) is 25.7 Å². The molecule has 0 bridgehead atoms. The van der Waals surface area contributed by atoms with E-state index in [0.717, 1.165) is 50.2 Å². The van der Waals surface area contributed by atoms with E-state index in [1.54, 1.807) is 11.6 Å². The zero-order chi connectivity index (χ0) is 20.8. The highest BCUT2D eigenvalue weighted by molar-refractivity contribution is 5.90. The molecule has 0 atom stereocenters. The molecule has 30 heavy (non-hydrogen) atoms. The van der Waals surface area contributed by atoms with Crippen LogP contribution in [0.3, 0.4) is 0 Å². The van der Waals surface area contributed by atoms with Crippen LogP contribution in [0.15, 0.2) is 60.8 Å². The first-order chi connectivity index (χ1) is 14.7. The number of hydrogen-bond acceptors (Lipinski definition) is 4.